The molecule has 3 atom stereocenters. The molecule has 3 rings (SSSR count). The van der Waals surface area contributed by atoms with Gasteiger partial charge in [0.2, 0.25) is 0 Å². The van der Waals surface area contributed by atoms with Gasteiger partial charge in [-0.1, -0.05) is 118 Å². The van der Waals surface area contributed by atoms with Gasteiger partial charge in [0.15, 0.2) is 0 Å². The van der Waals surface area contributed by atoms with E-state index in [0.29, 0.717) is 0 Å². The minimum Gasteiger partial charge on any atom is -0.387 e. The van der Waals surface area contributed by atoms with Crippen molar-refractivity contribution >= 4 is 0 Å². The van der Waals surface area contributed by atoms with Gasteiger partial charge in [-0.15, -0.1) is 0 Å². The molecular weight excluding hydrogens is 711 g/mol. The SMILES string of the molecule is C.CC(C)C(O)C(F)(F)C1(C)C(C)(C)C(C)(F)C1(C)C.CC(C)C(O)C(F)(F)C1(C)CC(C)(F)C1.CC(C)C(O)C(F)(F)C1C(C)(C)C(C)(F)C1(C)C. The first-order valence-electron chi connectivity index (χ1n) is 18.6. The van der Waals surface area contributed by atoms with Crippen LogP contribution in [0.1, 0.15) is 152 Å². The number of rotatable bonds is 9. The second-order valence-electron chi connectivity index (χ2n) is 20.6. The van der Waals surface area contributed by atoms with Crippen LogP contribution in [0.4, 0.5) is 39.5 Å². The highest BCUT2D eigenvalue weighted by molar-refractivity contribution is 5.29. The first-order chi connectivity index (χ1) is 22.3. The van der Waals surface area contributed by atoms with E-state index in [1.54, 1.807) is 27.7 Å². The maximum atomic E-state index is 14.8. The van der Waals surface area contributed by atoms with Crippen LogP contribution in [-0.4, -0.2) is 68.4 Å². The van der Waals surface area contributed by atoms with Crippen LogP contribution in [0.5, 0.6) is 0 Å². The first-order valence-corrected chi connectivity index (χ1v) is 18.6. The van der Waals surface area contributed by atoms with Crippen molar-refractivity contribution < 1.29 is 54.8 Å². The van der Waals surface area contributed by atoms with Crippen LogP contribution in [0.25, 0.3) is 0 Å². The highest BCUT2D eigenvalue weighted by atomic mass is 19.3. The van der Waals surface area contributed by atoms with E-state index in [9.17, 15) is 54.8 Å². The zero-order chi connectivity index (χ0) is 42.5. The van der Waals surface area contributed by atoms with E-state index in [0.717, 1.165) is 0 Å². The summed E-state index contributed by atoms with van der Waals surface area (Å²) >= 11 is 0. The third kappa shape index (κ3) is 7.22. The van der Waals surface area contributed by atoms with E-state index in [2.05, 4.69) is 0 Å². The van der Waals surface area contributed by atoms with Gasteiger partial charge in [0.05, 0.1) is 5.41 Å². The zero-order valence-corrected chi connectivity index (χ0v) is 35.2. The summed E-state index contributed by atoms with van der Waals surface area (Å²) < 4.78 is 129. The van der Waals surface area contributed by atoms with E-state index < -0.39 is 109 Å². The quantitative estimate of drug-likeness (QED) is 0.204. The predicted molar refractivity (Wildman–Crippen MR) is 197 cm³/mol. The minimum absolute atomic E-state index is 0. The van der Waals surface area contributed by atoms with Crippen molar-refractivity contribution in [3.8, 4) is 0 Å². The summed E-state index contributed by atoms with van der Waals surface area (Å²) in [5, 5.41) is 29.1. The van der Waals surface area contributed by atoms with Gasteiger partial charge in [-0.25, -0.2) is 39.5 Å². The smallest absolute Gasteiger partial charge is 0.280 e. The van der Waals surface area contributed by atoms with E-state index in [-0.39, 0.29) is 20.3 Å². The van der Waals surface area contributed by atoms with Gasteiger partial charge >= 0.3 is 0 Å². The van der Waals surface area contributed by atoms with Crippen molar-refractivity contribution in [3.05, 3.63) is 0 Å². The lowest BCUT2D eigenvalue weighted by atomic mass is 9.30. The molecule has 3 aliphatic rings. The maximum absolute atomic E-state index is 14.8. The third-order valence-corrected chi connectivity index (χ3v) is 15.1. The Kier molecular flexibility index (Phi) is 14.4. The monoisotopic (exact) mass is 787 g/mol. The number of halogens is 9. The molecule has 0 radical (unpaired) electrons. The van der Waals surface area contributed by atoms with Crippen molar-refractivity contribution in [2.75, 3.05) is 0 Å². The highest BCUT2D eigenvalue weighted by Crippen LogP contribution is 2.79. The minimum atomic E-state index is -3.35. The molecule has 3 fully saturated rings. The molecule has 53 heavy (non-hydrogen) atoms. The van der Waals surface area contributed by atoms with E-state index in [4.69, 9.17) is 0 Å². The van der Waals surface area contributed by atoms with Crippen LogP contribution in [0.2, 0.25) is 0 Å². The predicted octanol–water partition coefficient (Wildman–Crippen LogP) is 12.3. The van der Waals surface area contributed by atoms with Gasteiger partial charge in [0, 0.05) is 33.0 Å². The van der Waals surface area contributed by atoms with E-state index in [1.165, 1.54) is 104 Å². The molecule has 0 spiro atoms. The zero-order valence-electron chi connectivity index (χ0n) is 35.2. The Hall–Kier alpha value is -0.750. The molecule has 0 amide bonds. The lowest BCUT2D eigenvalue weighted by Crippen LogP contribution is -2.82. The lowest BCUT2D eigenvalue weighted by molar-refractivity contribution is -0.392. The summed E-state index contributed by atoms with van der Waals surface area (Å²) in [5.74, 6) is -12.7. The Labute approximate surface area is 315 Å². The summed E-state index contributed by atoms with van der Waals surface area (Å²) in [6, 6.07) is 0. The standard InChI is InChI=1S/C15H27F3O.C14H25F3O.C11H19F3O.CH4/c1-9(2)10(19)15(17,18)13(7)11(3,4)14(8,16)12(13,5)6;1-8(2)9(18)14(16,17)10-11(3,4)13(7,15)12(10,5)6;1-7(2)8(15)11(13,14)9(3)5-10(4,12)6-9;/h9-10,19H,1-8H3;8-10,18H,1-7H3;7-8,15H,5-6H2,1-4H3;1H4. The molecule has 320 valence electrons. The fourth-order valence-electron chi connectivity index (χ4n) is 10.3. The van der Waals surface area contributed by atoms with Gasteiger partial charge in [-0.05, 0) is 51.4 Å². The van der Waals surface area contributed by atoms with E-state index in [1.807, 2.05) is 0 Å². The van der Waals surface area contributed by atoms with Crippen LogP contribution in [0.15, 0.2) is 0 Å². The second kappa shape index (κ2) is 14.6. The van der Waals surface area contributed by atoms with Crippen LogP contribution < -0.4 is 0 Å². The normalized spacial score (nSPS) is 37.4. The number of hydrogen-bond donors (Lipinski definition) is 3. The fraction of sp³-hybridized carbons (Fsp3) is 1.00. The molecule has 0 bridgehead atoms. The van der Waals surface area contributed by atoms with Gasteiger partial charge in [-0.2, -0.15) is 0 Å². The van der Waals surface area contributed by atoms with Gasteiger partial charge < -0.3 is 15.3 Å². The van der Waals surface area contributed by atoms with Crippen molar-refractivity contribution in [2.45, 2.75) is 205 Å². The molecule has 0 aromatic rings. The van der Waals surface area contributed by atoms with Crippen LogP contribution in [0.3, 0.4) is 0 Å². The number of alkyl halides is 9. The highest BCUT2D eigenvalue weighted by Gasteiger charge is 2.85. The number of aliphatic hydroxyl groups excluding tert-OH is 3. The Morgan fingerprint density at radius 3 is 1.04 bits per heavy atom. The number of hydrogen-bond acceptors (Lipinski definition) is 3. The molecule has 3 unspecified atom stereocenters. The molecule has 3 nitrogen and oxygen atoms in total. The maximum Gasteiger partial charge on any atom is 0.280 e. The number of aliphatic hydroxyl groups is 3. The van der Waals surface area contributed by atoms with Crippen molar-refractivity contribution in [1.29, 1.82) is 0 Å². The Morgan fingerprint density at radius 2 is 0.774 bits per heavy atom. The second-order valence-corrected chi connectivity index (χ2v) is 20.6. The molecule has 0 heterocycles. The van der Waals surface area contributed by atoms with Crippen molar-refractivity contribution in [2.24, 2.45) is 56.2 Å². The Morgan fingerprint density at radius 1 is 0.491 bits per heavy atom. The topological polar surface area (TPSA) is 60.7 Å². The molecule has 0 saturated heterocycles. The molecular formula is C41H75F9O3. The molecule has 3 aliphatic carbocycles. The largest absolute Gasteiger partial charge is 0.387 e. The molecule has 12 heteroatoms. The van der Waals surface area contributed by atoms with Crippen LogP contribution in [-0.2, 0) is 0 Å². The van der Waals surface area contributed by atoms with Gasteiger partial charge in [0.25, 0.3) is 17.8 Å². The molecule has 0 aliphatic heterocycles. The lowest BCUT2D eigenvalue weighted by Gasteiger charge is -2.75. The average molecular weight is 787 g/mol. The van der Waals surface area contributed by atoms with Crippen LogP contribution >= 0.6 is 0 Å². The van der Waals surface area contributed by atoms with Crippen molar-refractivity contribution in [1.82, 2.24) is 0 Å². The summed E-state index contributed by atoms with van der Waals surface area (Å²) in [7, 11) is 0. The van der Waals surface area contributed by atoms with Gasteiger partial charge in [0.1, 0.15) is 35.3 Å². The van der Waals surface area contributed by atoms with Gasteiger partial charge in [-0.3, -0.25) is 0 Å². The van der Waals surface area contributed by atoms with E-state index >= 15 is 0 Å². The fourth-order valence-corrected chi connectivity index (χ4v) is 10.3. The molecule has 3 saturated carbocycles. The molecule has 0 aromatic carbocycles. The Balaban J connectivity index is 0.000000763. The third-order valence-electron chi connectivity index (χ3n) is 15.1. The Bertz CT molecular complexity index is 1200. The summed E-state index contributed by atoms with van der Waals surface area (Å²) in [6.45, 7) is 28.3. The first kappa shape index (κ1) is 52.2. The molecule has 3 N–H and O–H groups in total. The summed E-state index contributed by atoms with van der Waals surface area (Å²) in [6.07, 6.45) is -5.57. The summed E-state index contributed by atoms with van der Waals surface area (Å²) in [4.78, 5) is 0. The summed E-state index contributed by atoms with van der Waals surface area (Å²) in [5.41, 5.74) is -12.7. The average Bonchev–Trinajstić information content (AvgIpc) is 2.93. The van der Waals surface area contributed by atoms with Crippen LogP contribution in [0, 0.1) is 56.2 Å². The van der Waals surface area contributed by atoms with Crippen molar-refractivity contribution in [3.63, 3.8) is 0 Å². The molecule has 0 aromatic heterocycles.